The van der Waals surface area contributed by atoms with E-state index in [9.17, 15) is 14.4 Å². The first-order valence-electron chi connectivity index (χ1n) is 9.64. The molecule has 0 saturated heterocycles. The monoisotopic (exact) mass is 477 g/mol. The third-order valence-electron chi connectivity index (χ3n) is 4.13. The molecule has 2 aromatic carbocycles. The Morgan fingerprint density at radius 3 is 2.47 bits per heavy atom. The smallest absolute Gasteiger partial charge is 0.325 e. The van der Waals surface area contributed by atoms with Crippen LogP contribution in [0.1, 0.15) is 23.7 Å². The number of carbonyl (C=O) groups is 3. The topological polar surface area (TPSA) is 109 Å². The van der Waals surface area contributed by atoms with Gasteiger partial charge < -0.3 is 19.7 Å². The van der Waals surface area contributed by atoms with Gasteiger partial charge in [-0.2, -0.15) is 5.26 Å². The summed E-state index contributed by atoms with van der Waals surface area (Å²) in [5, 5.41) is 11.8. The Hall–Kier alpha value is -3.28. The molecule has 0 unspecified atom stereocenters. The van der Waals surface area contributed by atoms with Crippen LogP contribution in [0.5, 0.6) is 5.75 Å². The number of carbonyl (C=O) groups excluding carboxylic acids is 3. The molecule has 0 bridgehead atoms. The summed E-state index contributed by atoms with van der Waals surface area (Å²) in [6, 6.07) is 13.1. The number of nitriles is 1. The molecular formula is C22H21Cl2N3O5. The molecule has 32 heavy (non-hydrogen) atoms. The highest BCUT2D eigenvalue weighted by Crippen LogP contribution is 2.21. The Balaban J connectivity index is 1.91. The predicted molar refractivity (Wildman–Crippen MR) is 120 cm³/mol. The summed E-state index contributed by atoms with van der Waals surface area (Å²) >= 11 is 11.8. The molecule has 0 aliphatic heterocycles. The maximum Gasteiger partial charge on any atom is 0.325 e. The summed E-state index contributed by atoms with van der Waals surface area (Å²) in [5.74, 6) is -1.25. The van der Waals surface area contributed by atoms with Gasteiger partial charge in [0.1, 0.15) is 12.3 Å². The second kappa shape index (κ2) is 12.5. The molecule has 0 spiro atoms. The largest absolute Gasteiger partial charge is 0.494 e. The lowest BCUT2D eigenvalue weighted by Crippen LogP contribution is -2.37. The molecule has 0 aliphatic carbocycles. The Morgan fingerprint density at radius 2 is 1.84 bits per heavy atom. The highest BCUT2D eigenvalue weighted by molar-refractivity contribution is 6.36. The first kappa shape index (κ1) is 25.0. The third-order valence-corrected chi connectivity index (χ3v) is 4.68. The fraction of sp³-hybridized carbons (Fsp3) is 0.273. The van der Waals surface area contributed by atoms with Gasteiger partial charge in [-0.25, -0.2) is 0 Å². The van der Waals surface area contributed by atoms with Crippen molar-refractivity contribution in [3.63, 3.8) is 0 Å². The van der Waals surface area contributed by atoms with Gasteiger partial charge in [-0.1, -0.05) is 23.2 Å². The first-order valence-corrected chi connectivity index (χ1v) is 10.4. The molecule has 0 aliphatic rings. The number of nitrogens with one attached hydrogen (secondary N) is 1. The van der Waals surface area contributed by atoms with Crippen molar-refractivity contribution in [3.05, 3.63) is 58.1 Å². The second-order valence-electron chi connectivity index (χ2n) is 6.35. The van der Waals surface area contributed by atoms with Crippen molar-refractivity contribution in [2.24, 2.45) is 0 Å². The average molecular weight is 478 g/mol. The van der Waals surface area contributed by atoms with E-state index >= 15 is 0 Å². The number of anilines is 1. The maximum absolute atomic E-state index is 12.6. The van der Waals surface area contributed by atoms with Crippen LogP contribution in [0.2, 0.25) is 10.0 Å². The molecule has 0 heterocycles. The summed E-state index contributed by atoms with van der Waals surface area (Å²) in [6.45, 7) is 1.50. The predicted octanol–water partition coefficient (Wildman–Crippen LogP) is 3.61. The number of hydrogen-bond donors (Lipinski definition) is 1. The van der Waals surface area contributed by atoms with Crippen molar-refractivity contribution in [1.82, 2.24) is 5.32 Å². The maximum atomic E-state index is 12.6. The zero-order valence-electron chi connectivity index (χ0n) is 17.3. The number of esters is 1. The van der Waals surface area contributed by atoms with Crippen LogP contribution in [0.15, 0.2) is 42.5 Å². The van der Waals surface area contributed by atoms with Gasteiger partial charge in [0.25, 0.3) is 11.8 Å². The zero-order chi connectivity index (χ0) is 23.5. The molecule has 0 saturated carbocycles. The van der Waals surface area contributed by atoms with E-state index in [0.717, 1.165) is 0 Å². The highest BCUT2D eigenvalue weighted by Gasteiger charge is 2.18. The molecule has 2 amide bonds. The van der Waals surface area contributed by atoms with Gasteiger partial charge in [-0.05, 0) is 49.4 Å². The molecule has 0 radical (unpaired) electrons. The van der Waals surface area contributed by atoms with Crippen LogP contribution < -0.4 is 15.0 Å². The van der Waals surface area contributed by atoms with E-state index in [1.807, 2.05) is 13.0 Å². The molecule has 2 aromatic rings. The van der Waals surface area contributed by atoms with E-state index in [-0.39, 0.29) is 23.6 Å². The van der Waals surface area contributed by atoms with E-state index in [1.165, 1.54) is 23.1 Å². The lowest BCUT2D eigenvalue weighted by molar-refractivity contribution is -0.146. The number of rotatable bonds is 10. The molecule has 0 aromatic heterocycles. The number of ether oxygens (including phenoxy) is 2. The van der Waals surface area contributed by atoms with Crippen LogP contribution in [0.25, 0.3) is 0 Å². The molecule has 0 fully saturated rings. The summed E-state index contributed by atoms with van der Waals surface area (Å²) in [4.78, 5) is 38.1. The van der Waals surface area contributed by atoms with Gasteiger partial charge in [-0.3, -0.25) is 14.4 Å². The molecule has 168 valence electrons. The van der Waals surface area contributed by atoms with Gasteiger partial charge >= 0.3 is 5.97 Å². The standard InChI is InChI=1S/C22H21Cl2N3O5/c1-2-31-17-7-5-16(6-8-17)27(11-3-10-25)20(28)14-32-21(29)13-26-22(30)18-9-4-15(23)12-19(18)24/h4-9,12H,2-3,11,13-14H2,1H3,(H,26,30). The van der Waals surface area contributed by atoms with Gasteiger partial charge in [0.15, 0.2) is 6.61 Å². The summed E-state index contributed by atoms with van der Waals surface area (Å²) in [6.07, 6.45) is 0.102. The molecular weight excluding hydrogens is 457 g/mol. The van der Waals surface area contributed by atoms with E-state index in [0.29, 0.717) is 23.1 Å². The molecule has 2 rings (SSSR count). The quantitative estimate of drug-likeness (QED) is 0.523. The number of halogens is 2. The van der Waals surface area contributed by atoms with Crippen LogP contribution >= 0.6 is 23.2 Å². The lowest BCUT2D eigenvalue weighted by Gasteiger charge is -2.22. The number of benzene rings is 2. The lowest BCUT2D eigenvalue weighted by atomic mass is 10.2. The van der Waals surface area contributed by atoms with E-state index in [1.54, 1.807) is 24.3 Å². The fourth-order valence-electron chi connectivity index (χ4n) is 2.64. The van der Waals surface area contributed by atoms with E-state index < -0.39 is 30.9 Å². The first-order chi connectivity index (χ1) is 15.3. The Morgan fingerprint density at radius 1 is 1.12 bits per heavy atom. The number of nitrogens with zero attached hydrogens (tertiary/aromatic N) is 2. The van der Waals surface area contributed by atoms with Crippen LogP contribution in [-0.2, 0) is 14.3 Å². The van der Waals surface area contributed by atoms with Crippen molar-refractivity contribution in [2.75, 3.05) is 31.2 Å². The molecule has 8 nitrogen and oxygen atoms in total. The van der Waals surface area contributed by atoms with Gasteiger partial charge in [0, 0.05) is 17.3 Å². The van der Waals surface area contributed by atoms with Crippen molar-refractivity contribution in [3.8, 4) is 11.8 Å². The van der Waals surface area contributed by atoms with Crippen LogP contribution in [0.3, 0.4) is 0 Å². The SMILES string of the molecule is CCOc1ccc(N(CCC#N)C(=O)COC(=O)CNC(=O)c2ccc(Cl)cc2Cl)cc1. The van der Waals surface area contributed by atoms with E-state index in [2.05, 4.69) is 5.32 Å². The summed E-state index contributed by atoms with van der Waals surface area (Å²) in [7, 11) is 0. The number of amides is 2. The minimum Gasteiger partial charge on any atom is -0.494 e. The normalized spacial score (nSPS) is 10.1. The molecule has 10 heteroatoms. The zero-order valence-corrected chi connectivity index (χ0v) is 18.8. The minimum atomic E-state index is -0.802. The fourth-order valence-corrected chi connectivity index (χ4v) is 3.14. The second-order valence-corrected chi connectivity index (χ2v) is 7.19. The van der Waals surface area contributed by atoms with Gasteiger partial charge in [0.05, 0.1) is 29.7 Å². The Bertz CT molecular complexity index is 1010. The minimum absolute atomic E-state index is 0.102. The summed E-state index contributed by atoms with van der Waals surface area (Å²) in [5.41, 5.74) is 0.688. The van der Waals surface area contributed by atoms with Crippen LogP contribution in [0, 0.1) is 11.3 Å². The van der Waals surface area contributed by atoms with E-state index in [4.69, 9.17) is 37.9 Å². The number of hydrogen-bond acceptors (Lipinski definition) is 6. The highest BCUT2D eigenvalue weighted by atomic mass is 35.5. The van der Waals surface area contributed by atoms with Crippen LogP contribution in [-0.4, -0.2) is 44.1 Å². The molecule has 1 N–H and O–H groups in total. The van der Waals surface area contributed by atoms with Crippen LogP contribution in [0.4, 0.5) is 5.69 Å². The van der Waals surface area contributed by atoms with Gasteiger partial charge in [0.2, 0.25) is 0 Å². The Labute approximate surface area is 195 Å². The van der Waals surface area contributed by atoms with Crippen molar-refractivity contribution >= 4 is 46.7 Å². The van der Waals surface area contributed by atoms with Crippen molar-refractivity contribution < 1.29 is 23.9 Å². The average Bonchev–Trinajstić information content (AvgIpc) is 2.77. The van der Waals surface area contributed by atoms with Gasteiger partial charge in [-0.15, -0.1) is 0 Å². The molecule has 0 atom stereocenters. The Kier molecular flexibility index (Phi) is 9.79. The van der Waals surface area contributed by atoms with Crippen molar-refractivity contribution in [1.29, 1.82) is 5.26 Å². The van der Waals surface area contributed by atoms with Crippen molar-refractivity contribution in [2.45, 2.75) is 13.3 Å². The summed E-state index contributed by atoms with van der Waals surface area (Å²) < 4.78 is 10.4. The third kappa shape index (κ3) is 7.45.